The minimum absolute atomic E-state index is 0.473. The first-order chi connectivity index (χ1) is 7.63. The molecule has 1 heterocycles. The fourth-order valence-electron chi connectivity index (χ4n) is 2.18. The van der Waals surface area contributed by atoms with Crippen LogP contribution in [0.25, 0.3) is 0 Å². The lowest BCUT2D eigenvalue weighted by molar-refractivity contribution is 0.385. The second kappa shape index (κ2) is 5.32. The zero-order valence-corrected chi connectivity index (χ0v) is 11.6. The molecule has 3 nitrogen and oxygen atoms in total. The molecule has 0 saturated heterocycles. The molecule has 1 aliphatic carbocycles. The van der Waals surface area contributed by atoms with Gasteiger partial charge in [-0.1, -0.05) is 12.8 Å². The van der Waals surface area contributed by atoms with Gasteiger partial charge in [-0.3, -0.25) is 4.68 Å². The Morgan fingerprint density at radius 2 is 2.25 bits per heavy atom. The quantitative estimate of drug-likeness (QED) is 0.871. The van der Waals surface area contributed by atoms with E-state index in [0.29, 0.717) is 12.1 Å². The Kier molecular flexibility index (Phi) is 4.03. The summed E-state index contributed by atoms with van der Waals surface area (Å²) in [5, 5.41) is 7.90. The van der Waals surface area contributed by atoms with Crippen molar-refractivity contribution in [2.75, 3.05) is 0 Å². The van der Waals surface area contributed by atoms with Gasteiger partial charge in [0.1, 0.15) is 0 Å². The van der Waals surface area contributed by atoms with Gasteiger partial charge in [-0.15, -0.1) is 0 Å². The molecule has 90 valence electrons. The van der Waals surface area contributed by atoms with Crippen molar-refractivity contribution in [3.05, 3.63) is 16.9 Å². The Labute approximate surface area is 106 Å². The van der Waals surface area contributed by atoms with Crippen LogP contribution in [0.15, 0.2) is 16.9 Å². The SMILES string of the molecule is CC(CC1CC1)NC(C)Cn1cc(Br)cn1. The van der Waals surface area contributed by atoms with Crippen molar-refractivity contribution in [2.24, 2.45) is 5.92 Å². The average Bonchev–Trinajstić information content (AvgIpc) is 2.89. The first-order valence-electron chi connectivity index (χ1n) is 6.07. The third kappa shape index (κ3) is 3.91. The van der Waals surface area contributed by atoms with Crippen LogP contribution in [0.3, 0.4) is 0 Å². The van der Waals surface area contributed by atoms with Gasteiger partial charge in [-0.05, 0) is 42.1 Å². The van der Waals surface area contributed by atoms with E-state index in [0.717, 1.165) is 16.9 Å². The van der Waals surface area contributed by atoms with Gasteiger partial charge in [-0.2, -0.15) is 5.10 Å². The lowest BCUT2D eigenvalue weighted by Crippen LogP contribution is -2.37. The lowest BCUT2D eigenvalue weighted by Gasteiger charge is -2.19. The summed E-state index contributed by atoms with van der Waals surface area (Å²) in [6.45, 7) is 5.44. The Bertz CT molecular complexity index is 333. The minimum atomic E-state index is 0.473. The number of aromatic nitrogens is 2. The van der Waals surface area contributed by atoms with E-state index >= 15 is 0 Å². The molecule has 0 bridgehead atoms. The number of rotatable bonds is 6. The molecule has 2 atom stereocenters. The summed E-state index contributed by atoms with van der Waals surface area (Å²) in [6.07, 6.45) is 8.05. The van der Waals surface area contributed by atoms with E-state index in [4.69, 9.17) is 0 Å². The van der Waals surface area contributed by atoms with E-state index in [9.17, 15) is 0 Å². The number of hydrogen-bond acceptors (Lipinski definition) is 2. The highest BCUT2D eigenvalue weighted by molar-refractivity contribution is 9.10. The summed E-state index contributed by atoms with van der Waals surface area (Å²) in [5.41, 5.74) is 0. The molecule has 0 spiro atoms. The van der Waals surface area contributed by atoms with Crippen LogP contribution in [0, 0.1) is 5.92 Å². The molecule has 1 aliphatic rings. The third-order valence-corrected chi connectivity index (χ3v) is 3.43. The highest BCUT2D eigenvalue weighted by atomic mass is 79.9. The molecule has 1 fully saturated rings. The zero-order chi connectivity index (χ0) is 11.5. The maximum absolute atomic E-state index is 4.27. The molecule has 1 aromatic heterocycles. The van der Waals surface area contributed by atoms with E-state index in [1.165, 1.54) is 19.3 Å². The van der Waals surface area contributed by atoms with Gasteiger partial charge in [0.2, 0.25) is 0 Å². The fourth-order valence-corrected chi connectivity index (χ4v) is 2.51. The molecule has 1 N–H and O–H groups in total. The molecule has 0 amide bonds. The Morgan fingerprint density at radius 1 is 1.50 bits per heavy atom. The number of hydrogen-bond donors (Lipinski definition) is 1. The number of nitrogens with one attached hydrogen (secondary N) is 1. The summed E-state index contributed by atoms with van der Waals surface area (Å²) in [6, 6.07) is 1.10. The fraction of sp³-hybridized carbons (Fsp3) is 0.750. The van der Waals surface area contributed by atoms with E-state index in [2.05, 4.69) is 40.2 Å². The molecule has 0 aromatic carbocycles. The molecule has 0 aliphatic heterocycles. The Balaban J connectivity index is 1.72. The first kappa shape index (κ1) is 12.1. The topological polar surface area (TPSA) is 29.9 Å². The monoisotopic (exact) mass is 285 g/mol. The van der Waals surface area contributed by atoms with Crippen LogP contribution in [-0.4, -0.2) is 21.9 Å². The highest BCUT2D eigenvalue weighted by Gasteiger charge is 2.23. The van der Waals surface area contributed by atoms with Crippen molar-refractivity contribution in [1.82, 2.24) is 15.1 Å². The summed E-state index contributed by atoms with van der Waals surface area (Å²) < 4.78 is 3.02. The molecule has 16 heavy (non-hydrogen) atoms. The maximum Gasteiger partial charge on any atom is 0.0632 e. The highest BCUT2D eigenvalue weighted by Crippen LogP contribution is 2.33. The van der Waals surface area contributed by atoms with E-state index in [1.807, 2.05) is 17.1 Å². The van der Waals surface area contributed by atoms with Crippen LogP contribution in [0.5, 0.6) is 0 Å². The molecule has 1 saturated carbocycles. The summed E-state index contributed by atoms with van der Waals surface area (Å²) in [5.74, 6) is 0.994. The van der Waals surface area contributed by atoms with Crippen molar-refractivity contribution >= 4 is 15.9 Å². The van der Waals surface area contributed by atoms with E-state index < -0.39 is 0 Å². The zero-order valence-electron chi connectivity index (χ0n) is 9.99. The third-order valence-electron chi connectivity index (χ3n) is 3.02. The Hall–Kier alpha value is -0.350. The lowest BCUT2D eigenvalue weighted by atomic mass is 10.1. The molecule has 2 rings (SSSR count). The Morgan fingerprint density at radius 3 is 2.81 bits per heavy atom. The summed E-state index contributed by atoms with van der Waals surface area (Å²) in [4.78, 5) is 0. The summed E-state index contributed by atoms with van der Waals surface area (Å²) >= 11 is 3.41. The molecular formula is C12H20BrN3. The number of nitrogens with zero attached hydrogens (tertiary/aromatic N) is 2. The predicted octanol–water partition coefficient (Wildman–Crippen LogP) is 2.81. The van der Waals surface area contributed by atoms with Crippen molar-refractivity contribution in [3.8, 4) is 0 Å². The van der Waals surface area contributed by atoms with Crippen LogP contribution in [0.1, 0.15) is 33.1 Å². The van der Waals surface area contributed by atoms with Gasteiger partial charge in [-0.25, -0.2) is 0 Å². The first-order valence-corrected chi connectivity index (χ1v) is 6.87. The maximum atomic E-state index is 4.27. The molecule has 4 heteroatoms. The van der Waals surface area contributed by atoms with Crippen LogP contribution < -0.4 is 5.32 Å². The summed E-state index contributed by atoms with van der Waals surface area (Å²) in [7, 11) is 0. The van der Waals surface area contributed by atoms with Crippen LogP contribution in [0.2, 0.25) is 0 Å². The van der Waals surface area contributed by atoms with Gasteiger partial charge < -0.3 is 5.32 Å². The molecule has 0 radical (unpaired) electrons. The second-order valence-electron chi connectivity index (χ2n) is 5.03. The molecule has 2 unspecified atom stereocenters. The smallest absolute Gasteiger partial charge is 0.0632 e. The van der Waals surface area contributed by atoms with Crippen molar-refractivity contribution in [1.29, 1.82) is 0 Å². The largest absolute Gasteiger partial charge is 0.310 e. The normalized spacial score (nSPS) is 19.7. The molecule has 1 aromatic rings. The predicted molar refractivity (Wildman–Crippen MR) is 69.3 cm³/mol. The van der Waals surface area contributed by atoms with Gasteiger partial charge in [0, 0.05) is 18.3 Å². The van der Waals surface area contributed by atoms with Crippen molar-refractivity contribution < 1.29 is 0 Å². The second-order valence-corrected chi connectivity index (χ2v) is 5.94. The van der Waals surface area contributed by atoms with Gasteiger partial charge in [0.25, 0.3) is 0 Å². The molecular weight excluding hydrogens is 266 g/mol. The van der Waals surface area contributed by atoms with Crippen LogP contribution >= 0.6 is 15.9 Å². The standard InChI is InChI=1S/C12H20BrN3/c1-9(5-11-3-4-11)15-10(2)7-16-8-12(13)6-14-16/h6,8-11,15H,3-5,7H2,1-2H3. The van der Waals surface area contributed by atoms with Gasteiger partial charge in [0.05, 0.1) is 17.2 Å². The minimum Gasteiger partial charge on any atom is -0.310 e. The van der Waals surface area contributed by atoms with Gasteiger partial charge >= 0.3 is 0 Å². The average molecular weight is 286 g/mol. The van der Waals surface area contributed by atoms with E-state index in [-0.39, 0.29) is 0 Å². The van der Waals surface area contributed by atoms with Crippen molar-refractivity contribution in [3.63, 3.8) is 0 Å². The van der Waals surface area contributed by atoms with Crippen molar-refractivity contribution in [2.45, 2.75) is 51.7 Å². The number of halogens is 1. The van der Waals surface area contributed by atoms with Gasteiger partial charge in [0.15, 0.2) is 0 Å². The van der Waals surface area contributed by atoms with E-state index in [1.54, 1.807) is 0 Å². The van der Waals surface area contributed by atoms with Crippen LogP contribution in [-0.2, 0) is 6.54 Å². The van der Waals surface area contributed by atoms with Crippen LogP contribution in [0.4, 0.5) is 0 Å².